The fraction of sp³-hybridized carbons (Fsp3) is 0.647. The van der Waals surface area contributed by atoms with Crippen LogP contribution in [-0.2, 0) is 4.79 Å². The molecule has 2 saturated heterocycles. The molecule has 1 unspecified atom stereocenters. The third kappa shape index (κ3) is 3.79. The van der Waals surface area contributed by atoms with E-state index in [0.29, 0.717) is 39.3 Å². The largest absolute Gasteiger partial charge is 0.338 e. The molecule has 1 aromatic rings. The fourth-order valence-corrected chi connectivity index (χ4v) is 4.12. The summed E-state index contributed by atoms with van der Waals surface area (Å²) in [6, 6.07) is 3.75. The van der Waals surface area contributed by atoms with E-state index in [9.17, 15) is 9.59 Å². The van der Waals surface area contributed by atoms with Crippen LogP contribution >= 0.6 is 11.3 Å². The number of hydrogen-bond donors (Lipinski definition) is 1. The molecule has 3 rings (SSSR count). The molecule has 0 bridgehead atoms. The molecule has 132 valence electrons. The predicted octanol–water partition coefficient (Wildman–Crippen LogP) is 0.703. The SMILES string of the molecule is CC1(CN)CCN(CC(=O)N2CCN(C(=O)c3cccs3)CC2)C1. The van der Waals surface area contributed by atoms with Crippen LogP contribution in [0.15, 0.2) is 17.5 Å². The number of likely N-dealkylation sites (tertiary alicyclic amines) is 1. The van der Waals surface area contributed by atoms with Gasteiger partial charge in [-0.25, -0.2) is 0 Å². The lowest BCUT2D eigenvalue weighted by atomic mass is 9.90. The van der Waals surface area contributed by atoms with Gasteiger partial charge in [-0.15, -0.1) is 11.3 Å². The van der Waals surface area contributed by atoms with Gasteiger partial charge in [0.15, 0.2) is 0 Å². The normalized spacial score (nSPS) is 25.2. The highest BCUT2D eigenvalue weighted by molar-refractivity contribution is 7.12. The van der Waals surface area contributed by atoms with E-state index in [0.717, 1.165) is 24.4 Å². The third-order valence-electron chi connectivity index (χ3n) is 5.14. The molecule has 3 heterocycles. The van der Waals surface area contributed by atoms with Crippen molar-refractivity contribution in [3.63, 3.8) is 0 Å². The van der Waals surface area contributed by atoms with Gasteiger partial charge in [0.1, 0.15) is 0 Å². The molecule has 0 radical (unpaired) electrons. The van der Waals surface area contributed by atoms with Crippen molar-refractivity contribution in [3.8, 4) is 0 Å². The number of piperazine rings is 1. The van der Waals surface area contributed by atoms with Gasteiger partial charge in [0.2, 0.25) is 5.91 Å². The Morgan fingerprint density at radius 3 is 2.50 bits per heavy atom. The lowest BCUT2D eigenvalue weighted by Crippen LogP contribution is -2.52. The maximum atomic E-state index is 12.5. The number of carbonyl (C=O) groups is 2. The standard InChI is InChI=1S/C17H26N4O2S/c1-17(12-18)4-5-19(13-17)11-15(22)20-6-8-21(9-7-20)16(23)14-3-2-10-24-14/h2-3,10H,4-9,11-13,18H2,1H3. The van der Waals surface area contributed by atoms with Gasteiger partial charge >= 0.3 is 0 Å². The van der Waals surface area contributed by atoms with Crippen molar-refractivity contribution in [2.75, 3.05) is 52.4 Å². The van der Waals surface area contributed by atoms with Crippen LogP contribution in [0.25, 0.3) is 0 Å². The molecular weight excluding hydrogens is 324 g/mol. The van der Waals surface area contributed by atoms with Crippen molar-refractivity contribution in [2.24, 2.45) is 11.1 Å². The minimum atomic E-state index is 0.0790. The van der Waals surface area contributed by atoms with Crippen molar-refractivity contribution in [3.05, 3.63) is 22.4 Å². The van der Waals surface area contributed by atoms with Crippen LogP contribution in [0.2, 0.25) is 0 Å². The van der Waals surface area contributed by atoms with Crippen LogP contribution in [0, 0.1) is 5.41 Å². The van der Waals surface area contributed by atoms with Gasteiger partial charge in [-0.2, -0.15) is 0 Å². The topological polar surface area (TPSA) is 69.9 Å². The van der Waals surface area contributed by atoms with Crippen LogP contribution in [0.3, 0.4) is 0 Å². The van der Waals surface area contributed by atoms with E-state index in [4.69, 9.17) is 5.73 Å². The summed E-state index contributed by atoms with van der Waals surface area (Å²) in [7, 11) is 0. The molecule has 0 spiro atoms. The first-order valence-electron chi connectivity index (χ1n) is 8.54. The first-order chi connectivity index (χ1) is 11.5. The Hall–Kier alpha value is -1.44. The molecular formula is C17H26N4O2S. The Bertz CT molecular complexity index is 583. The lowest BCUT2D eigenvalue weighted by molar-refractivity contribution is -0.133. The van der Waals surface area contributed by atoms with Crippen molar-refractivity contribution in [1.82, 2.24) is 14.7 Å². The molecule has 1 atom stereocenters. The summed E-state index contributed by atoms with van der Waals surface area (Å²) >= 11 is 1.47. The molecule has 2 amide bonds. The summed E-state index contributed by atoms with van der Waals surface area (Å²) < 4.78 is 0. The average molecular weight is 350 g/mol. The van der Waals surface area contributed by atoms with Gasteiger partial charge in [0, 0.05) is 32.7 Å². The Kier molecular flexibility index (Phi) is 5.22. The molecule has 6 nitrogen and oxygen atoms in total. The summed E-state index contributed by atoms with van der Waals surface area (Å²) in [5.41, 5.74) is 5.97. The van der Waals surface area contributed by atoms with Crippen LogP contribution in [0.5, 0.6) is 0 Å². The van der Waals surface area contributed by atoms with Crippen molar-refractivity contribution in [2.45, 2.75) is 13.3 Å². The van der Waals surface area contributed by atoms with Gasteiger partial charge in [0.05, 0.1) is 11.4 Å². The predicted molar refractivity (Wildman–Crippen MR) is 95.0 cm³/mol. The van der Waals surface area contributed by atoms with E-state index in [-0.39, 0.29) is 17.2 Å². The summed E-state index contributed by atoms with van der Waals surface area (Å²) in [6.45, 7) is 7.63. The molecule has 2 aliphatic rings. The smallest absolute Gasteiger partial charge is 0.264 e. The van der Waals surface area contributed by atoms with Crippen LogP contribution in [0.1, 0.15) is 23.0 Å². The highest BCUT2D eigenvalue weighted by Gasteiger charge is 2.34. The lowest BCUT2D eigenvalue weighted by Gasteiger charge is -2.35. The van der Waals surface area contributed by atoms with Crippen LogP contribution < -0.4 is 5.73 Å². The monoisotopic (exact) mass is 350 g/mol. The molecule has 2 aliphatic heterocycles. The van der Waals surface area contributed by atoms with E-state index in [1.807, 2.05) is 27.3 Å². The maximum absolute atomic E-state index is 12.5. The molecule has 2 fully saturated rings. The zero-order valence-electron chi connectivity index (χ0n) is 14.2. The van der Waals surface area contributed by atoms with Crippen LogP contribution in [-0.4, -0.2) is 78.9 Å². The number of hydrogen-bond acceptors (Lipinski definition) is 5. The first-order valence-corrected chi connectivity index (χ1v) is 9.42. The molecule has 24 heavy (non-hydrogen) atoms. The minimum Gasteiger partial charge on any atom is -0.338 e. The zero-order chi connectivity index (χ0) is 17.2. The van der Waals surface area contributed by atoms with E-state index in [1.165, 1.54) is 11.3 Å². The second-order valence-electron chi connectivity index (χ2n) is 7.13. The summed E-state index contributed by atoms with van der Waals surface area (Å²) in [5, 5.41) is 1.91. The molecule has 7 heteroatoms. The second kappa shape index (κ2) is 7.21. The van der Waals surface area contributed by atoms with Gasteiger partial charge < -0.3 is 15.5 Å². The van der Waals surface area contributed by atoms with E-state index in [2.05, 4.69) is 11.8 Å². The first kappa shape index (κ1) is 17.4. The van der Waals surface area contributed by atoms with Gasteiger partial charge in [-0.1, -0.05) is 13.0 Å². The quantitative estimate of drug-likeness (QED) is 0.868. The number of nitrogens with two attached hydrogens (primary N) is 1. The number of nitrogens with zero attached hydrogens (tertiary/aromatic N) is 3. The number of thiophene rings is 1. The Labute approximate surface area is 147 Å². The molecule has 0 aliphatic carbocycles. The molecule has 2 N–H and O–H groups in total. The molecule has 0 aromatic carbocycles. The Balaban J connectivity index is 1.46. The number of amides is 2. The highest BCUT2D eigenvalue weighted by atomic mass is 32.1. The zero-order valence-corrected chi connectivity index (χ0v) is 15.1. The summed E-state index contributed by atoms with van der Waals surface area (Å²) in [5.74, 6) is 0.245. The minimum absolute atomic E-state index is 0.0790. The van der Waals surface area contributed by atoms with Crippen molar-refractivity contribution in [1.29, 1.82) is 0 Å². The summed E-state index contributed by atoms with van der Waals surface area (Å²) in [4.78, 5) is 31.6. The van der Waals surface area contributed by atoms with Crippen molar-refractivity contribution >= 4 is 23.2 Å². The number of carbonyl (C=O) groups excluding carboxylic acids is 2. The van der Waals surface area contributed by atoms with Gasteiger partial charge in [-0.3, -0.25) is 14.5 Å². The Morgan fingerprint density at radius 1 is 1.21 bits per heavy atom. The fourth-order valence-electron chi connectivity index (χ4n) is 3.43. The van der Waals surface area contributed by atoms with E-state index >= 15 is 0 Å². The second-order valence-corrected chi connectivity index (χ2v) is 8.07. The molecule has 0 saturated carbocycles. The summed E-state index contributed by atoms with van der Waals surface area (Å²) in [6.07, 6.45) is 1.06. The van der Waals surface area contributed by atoms with E-state index < -0.39 is 0 Å². The molecule has 1 aromatic heterocycles. The van der Waals surface area contributed by atoms with Crippen LogP contribution in [0.4, 0.5) is 0 Å². The number of rotatable bonds is 4. The maximum Gasteiger partial charge on any atom is 0.264 e. The highest BCUT2D eigenvalue weighted by Crippen LogP contribution is 2.28. The van der Waals surface area contributed by atoms with Gasteiger partial charge in [0.25, 0.3) is 5.91 Å². The van der Waals surface area contributed by atoms with Crippen molar-refractivity contribution < 1.29 is 9.59 Å². The third-order valence-corrected chi connectivity index (χ3v) is 6.00. The van der Waals surface area contributed by atoms with E-state index in [1.54, 1.807) is 0 Å². The Morgan fingerprint density at radius 2 is 1.92 bits per heavy atom. The van der Waals surface area contributed by atoms with Gasteiger partial charge in [-0.05, 0) is 36.4 Å². The average Bonchev–Trinajstić information content (AvgIpc) is 3.25.